The van der Waals surface area contributed by atoms with Crippen molar-refractivity contribution >= 4 is 10.0 Å². The van der Waals surface area contributed by atoms with Gasteiger partial charge in [0, 0.05) is 5.56 Å². The molecule has 0 aliphatic carbocycles. The first-order chi connectivity index (χ1) is 6.09. The van der Waals surface area contributed by atoms with Gasteiger partial charge in [0.1, 0.15) is 0 Å². The van der Waals surface area contributed by atoms with Crippen LogP contribution in [0.5, 0.6) is 0 Å². The smallest absolute Gasteiger partial charge is 0.236 e. The monoisotopic (exact) mass is 199 g/mol. The molecular formula is C8H9NO3S. The van der Waals surface area contributed by atoms with Crippen LogP contribution < -0.4 is 0 Å². The van der Waals surface area contributed by atoms with Crippen molar-refractivity contribution in [1.82, 2.24) is 4.47 Å². The van der Waals surface area contributed by atoms with Crippen molar-refractivity contribution in [3.05, 3.63) is 35.9 Å². The lowest BCUT2D eigenvalue weighted by molar-refractivity contribution is 0.284. The van der Waals surface area contributed by atoms with Crippen LogP contribution in [0.15, 0.2) is 30.3 Å². The van der Waals surface area contributed by atoms with Crippen LogP contribution in [0.4, 0.5) is 0 Å². The fourth-order valence-corrected chi connectivity index (χ4v) is 1.83. The zero-order valence-corrected chi connectivity index (χ0v) is 7.86. The van der Waals surface area contributed by atoms with Crippen LogP contribution in [-0.2, 0) is 14.9 Å². The second-order valence-corrected chi connectivity index (χ2v) is 4.71. The van der Waals surface area contributed by atoms with Gasteiger partial charge in [0.2, 0.25) is 10.0 Å². The summed E-state index contributed by atoms with van der Waals surface area (Å²) in [5.74, 6) is 0. The molecule has 2 atom stereocenters. The molecule has 1 aromatic rings. The summed E-state index contributed by atoms with van der Waals surface area (Å²) in [6.07, 6.45) is 0.701. The molecule has 0 amide bonds. The summed E-state index contributed by atoms with van der Waals surface area (Å²) in [6.45, 7) is 0. The van der Waals surface area contributed by atoms with Gasteiger partial charge in [-0.3, -0.25) is 4.84 Å². The molecule has 1 saturated heterocycles. The molecule has 2 rings (SSSR count). The SMILES string of the molecule is CS(=O)(=O)N1O[C@H]1c1ccccc1. The highest BCUT2D eigenvalue weighted by Crippen LogP contribution is 2.38. The second-order valence-electron chi connectivity index (χ2n) is 2.89. The zero-order valence-electron chi connectivity index (χ0n) is 7.04. The van der Waals surface area contributed by atoms with Crippen molar-refractivity contribution < 1.29 is 13.3 Å². The van der Waals surface area contributed by atoms with E-state index in [1.807, 2.05) is 30.3 Å². The average Bonchev–Trinajstić information content (AvgIpc) is 2.83. The summed E-state index contributed by atoms with van der Waals surface area (Å²) in [5, 5.41) is 0. The molecule has 0 radical (unpaired) electrons. The maximum Gasteiger partial charge on any atom is 0.236 e. The molecule has 1 aromatic carbocycles. The van der Waals surface area contributed by atoms with Gasteiger partial charge < -0.3 is 0 Å². The Morgan fingerprint density at radius 3 is 2.38 bits per heavy atom. The van der Waals surface area contributed by atoms with E-state index in [0.717, 1.165) is 16.3 Å². The number of benzene rings is 1. The van der Waals surface area contributed by atoms with Crippen LogP contribution in [0, 0.1) is 0 Å². The van der Waals surface area contributed by atoms with Gasteiger partial charge in [-0.25, -0.2) is 8.42 Å². The Morgan fingerprint density at radius 2 is 1.92 bits per heavy atom. The molecule has 5 heteroatoms. The molecule has 13 heavy (non-hydrogen) atoms. The molecule has 1 aliphatic rings. The van der Waals surface area contributed by atoms with Crippen LogP contribution >= 0.6 is 0 Å². The summed E-state index contributed by atoms with van der Waals surface area (Å²) in [6, 6.07) is 9.22. The van der Waals surface area contributed by atoms with Gasteiger partial charge in [0.15, 0.2) is 6.23 Å². The van der Waals surface area contributed by atoms with Gasteiger partial charge in [0.25, 0.3) is 0 Å². The average molecular weight is 199 g/mol. The number of nitrogens with zero attached hydrogens (tertiary/aromatic N) is 1. The fraction of sp³-hybridized carbons (Fsp3) is 0.250. The van der Waals surface area contributed by atoms with Gasteiger partial charge in [-0.15, -0.1) is 0 Å². The first-order valence-corrected chi connectivity index (χ1v) is 5.65. The maximum atomic E-state index is 11.0. The van der Waals surface area contributed by atoms with Crippen LogP contribution in [0.1, 0.15) is 11.8 Å². The Kier molecular flexibility index (Phi) is 1.87. The largest absolute Gasteiger partial charge is 0.254 e. The quantitative estimate of drug-likeness (QED) is 0.665. The lowest BCUT2D eigenvalue weighted by Gasteiger charge is -1.93. The Hall–Kier alpha value is -0.910. The number of rotatable bonds is 2. The number of sulfonamides is 1. The van der Waals surface area contributed by atoms with E-state index >= 15 is 0 Å². The van der Waals surface area contributed by atoms with Gasteiger partial charge in [0.05, 0.1) is 6.26 Å². The van der Waals surface area contributed by atoms with Crippen LogP contribution in [0.25, 0.3) is 0 Å². The molecule has 0 saturated carbocycles. The highest BCUT2D eigenvalue weighted by molar-refractivity contribution is 7.88. The topological polar surface area (TPSA) is 49.7 Å². The molecule has 1 unspecified atom stereocenters. The number of hydroxylamine groups is 1. The van der Waals surface area contributed by atoms with E-state index in [2.05, 4.69) is 0 Å². The Labute approximate surface area is 76.7 Å². The Balaban J connectivity index is 2.18. The second kappa shape index (κ2) is 2.80. The summed E-state index contributed by atoms with van der Waals surface area (Å²) >= 11 is 0. The molecule has 1 heterocycles. The van der Waals surface area contributed by atoms with Crippen molar-refractivity contribution in [2.24, 2.45) is 0 Å². The number of hydrogen-bond donors (Lipinski definition) is 0. The van der Waals surface area contributed by atoms with E-state index in [1.54, 1.807) is 0 Å². The van der Waals surface area contributed by atoms with E-state index in [1.165, 1.54) is 0 Å². The van der Waals surface area contributed by atoms with E-state index in [-0.39, 0.29) is 0 Å². The normalized spacial score (nSPS) is 27.2. The first-order valence-electron chi connectivity index (χ1n) is 3.80. The molecule has 4 nitrogen and oxygen atoms in total. The van der Waals surface area contributed by atoms with Crippen molar-refractivity contribution in [1.29, 1.82) is 0 Å². The predicted octanol–water partition coefficient (Wildman–Crippen LogP) is 0.892. The third-order valence-electron chi connectivity index (χ3n) is 1.76. The highest BCUT2D eigenvalue weighted by Gasteiger charge is 2.45. The first kappa shape index (κ1) is 8.68. The number of hydrogen-bond acceptors (Lipinski definition) is 3. The summed E-state index contributed by atoms with van der Waals surface area (Å²) in [4.78, 5) is 4.91. The summed E-state index contributed by atoms with van der Waals surface area (Å²) in [7, 11) is -3.22. The third kappa shape index (κ3) is 1.72. The molecule has 1 fully saturated rings. The van der Waals surface area contributed by atoms with E-state index in [0.29, 0.717) is 0 Å². The zero-order chi connectivity index (χ0) is 9.47. The summed E-state index contributed by atoms with van der Waals surface area (Å²) < 4.78 is 22.9. The van der Waals surface area contributed by atoms with Crippen molar-refractivity contribution in [2.45, 2.75) is 6.23 Å². The minimum Gasteiger partial charge on any atom is -0.254 e. The lowest BCUT2D eigenvalue weighted by Crippen LogP contribution is -2.08. The van der Waals surface area contributed by atoms with Gasteiger partial charge >= 0.3 is 0 Å². The Morgan fingerprint density at radius 1 is 1.31 bits per heavy atom. The van der Waals surface area contributed by atoms with E-state index in [4.69, 9.17) is 4.84 Å². The van der Waals surface area contributed by atoms with Crippen molar-refractivity contribution in [2.75, 3.05) is 6.26 Å². The maximum absolute atomic E-state index is 11.0. The molecule has 70 valence electrons. The van der Waals surface area contributed by atoms with E-state index < -0.39 is 16.3 Å². The predicted molar refractivity (Wildman–Crippen MR) is 47.0 cm³/mol. The van der Waals surface area contributed by atoms with Crippen LogP contribution in [0.2, 0.25) is 0 Å². The molecule has 0 bridgehead atoms. The Bertz CT molecular complexity index is 401. The van der Waals surface area contributed by atoms with Crippen LogP contribution in [-0.4, -0.2) is 19.1 Å². The summed E-state index contributed by atoms with van der Waals surface area (Å²) in [5.41, 5.74) is 0.855. The van der Waals surface area contributed by atoms with Gasteiger partial charge in [-0.1, -0.05) is 30.3 Å². The minimum atomic E-state index is -3.22. The van der Waals surface area contributed by atoms with Crippen molar-refractivity contribution in [3.8, 4) is 0 Å². The van der Waals surface area contributed by atoms with Crippen LogP contribution in [0.3, 0.4) is 0 Å². The minimum absolute atomic E-state index is 0.420. The lowest BCUT2D eigenvalue weighted by atomic mass is 10.2. The fourth-order valence-electron chi connectivity index (χ4n) is 1.12. The van der Waals surface area contributed by atoms with E-state index in [9.17, 15) is 8.42 Å². The van der Waals surface area contributed by atoms with Gasteiger partial charge in [-0.05, 0) is 4.47 Å². The molecule has 1 aliphatic heterocycles. The third-order valence-corrected chi connectivity index (χ3v) is 2.69. The molecule has 0 aromatic heterocycles. The molecule has 0 spiro atoms. The standard InChI is InChI=1S/C8H9NO3S/c1-13(10,11)9-8(12-9)7-5-3-2-4-6-7/h2-6,8H,1H3/t8-,9?/m0/s1. The highest BCUT2D eigenvalue weighted by atomic mass is 32.2. The van der Waals surface area contributed by atoms with Crippen molar-refractivity contribution in [3.63, 3.8) is 0 Å². The molecule has 0 N–H and O–H groups in total. The van der Waals surface area contributed by atoms with Gasteiger partial charge in [-0.2, -0.15) is 0 Å². The molecular weight excluding hydrogens is 190 g/mol.